The van der Waals surface area contributed by atoms with Crippen molar-refractivity contribution >= 4 is 5.91 Å². The molecule has 124 valence electrons. The summed E-state index contributed by atoms with van der Waals surface area (Å²) in [6.45, 7) is 7.44. The Hall–Kier alpha value is -1.47. The second-order valence-corrected chi connectivity index (χ2v) is 6.19. The van der Waals surface area contributed by atoms with Gasteiger partial charge in [0.05, 0.1) is 18.8 Å². The molecule has 6 nitrogen and oxygen atoms in total. The Balaban J connectivity index is 1.81. The van der Waals surface area contributed by atoms with Crippen molar-refractivity contribution in [2.75, 3.05) is 19.6 Å². The lowest BCUT2D eigenvalue weighted by molar-refractivity contribution is -0.120. The maximum absolute atomic E-state index is 13.7. The van der Waals surface area contributed by atoms with Crippen LogP contribution < -0.4 is 10.6 Å². The number of carbonyl (C=O) groups is 1. The van der Waals surface area contributed by atoms with Gasteiger partial charge in [0.1, 0.15) is 6.17 Å². The van der Waals surface area contributed by atoms with Crippen molar-refractivity contribution in [2.24, 2.45) is 0 Å². The molecule has 0 aromatic carbocycles. The van der Waals surface area contributed by atoms with Crippen molar-refractivity contribution in [1.29, 1.82) is 0 Å². The summed E-state index contributed by atoms with van der Waals surface area (Å²) in [5.41, 5.74) is 0.815. The van der Waals surface area contributed by atoms with E-state index in [9.17, 15) is 9.18 Å². The monoisotopic (exact) mass is 312 g/mol. The van der Waals surface area contributed by atoms with Gasteiger partial charge in [-0.3, -0.25) is 9.69 Å². The summed E-state index contributed by atoms with van der Waals surface area (Å²) in [5, 5.41) is 9.77. The van der Waals surface area contributed by atoms with Crippen molar-refractivity contribution in [1.82, 2.24) is 20.7 Å². The van der Waals surface area contributed by atoms with E-state index in [4.69, 9.17) is 4.52 Å². The zero-order valence-electron chi connectivity index (χ0n) is 13.4. The quantitative estimate of drug-likeness (QED) is 0.786. The van der Waals surface area contributed by atoms with Crippen LogP contribution >= 0.6 is 0 Å². The number of hydrogen-bond acceptors (Lipinski definition) is 5. The van der Waals surface area contributed by atoms with E-state index in [1.165, 1.54) is 0 Å². The largest absolute Gasteiger partial charge is 0.360 e. The Morgan fingerprint density at radius 3 is 3.00 bits per heavy atom. The molecule has 0 radical (unpaired) electrons. The molecule has 0 unspecified atom stereocenters. The van der Waals surface area contributed by atoms with Gasteiger partial charge >= 0.3 is 0 Å². The van der Waals surface area contributed by atoms with Crippen LogP contribution in [0.4, 0.5) is 4.39 Å². The van der Waals surface area contributed by atoms with Gasteiger partial charge < -0.3 is 15.2 Å². The number of amides is 1. The topological polar surface area (TPSA) is 70.4 Å². The van der Waals surface area contributed by atoms with Gasteiger partial charge in [0, 0.05) is 31.2 Å². The third-order valence-corrected chi connectivity index (χ3v) is 3.72. The molecule has 1 aliphatic heterocycles. The molecule has 2 heterocycles. The first-order chi connectivity index (χ1) is 10.4. The SMILES string of the molecule is Cc1cc(CN2C[C@@H](F)C[C@H]2CNC(=O)CNC(C)C)on1. The molecular weight excluding hydrogens is 287 g/mol. The minimum absolute atomic E-state index is 0.0107. The molecule has 1 aliphatic rings. The Morgan fingerprint density at radius 2 is 2.36 bits per heavy atom. The average molecular weight is 312 g/mol. The van der Waals surface area contributed by atoms with Crippen LogP contribution in [0.1, 0.15) is 31.7 Å². The molecule has 0 aliphatic carbocycles. The third kappa shape index (κ3) is 5.06. The van der Waals surface area contributed by atoms with E-state index in [-0.39, 0.29) is 24.5 Å². The summed E-state index contributed by atoms with van der Waals surface area (Å²) in [5.74, 6) is 0.663. The molecule has 1 aromatic heterocycles. The first-order valence-corrected chi connectivity index (χ1v) is 7.74. The number of halogens is 1. The summed E-state index contributed by atoms with van der Waals surface area (Å²) in [6.07, 6.45) is -0.426. The van der Waals surface area contributed by atoms with Crippen LogP contribution in [0.15, 0.2) is 10.6 Å². The van der Waals surface area contributed by atoms with Crippen LogP contribution in [0.2, 0.25) is 0 Å². The number of rotatable bonds is 7. The summed E-state index contributed by atoms with van der Waals surface area (Å²) < 4.78 is 18.9. The van der Waals surface area contributed by atoms with Crippen molar-refractivity contribution in [2.45, 2.75) is 52.0 Å². The lowest BCUT2D eigenvalue weighted by atomic mass is 10.2. The zero-order chi connectivity index (χ0) is 16.1. The summed E-state index contributed by atoms with van der Waals surface area (Å²) >= 11 is 0. The minimum atomic E-state index is -0.861. The molecule has 1 aromatic rings. The van der Waals surface area contributed by atoms with E-state index < -0.39 is 6.17 Å². The predicted molar refractivity (Wildman–Crippen MR) is 81.1 cm³/mol. The van der Waals surface area contributed by atoms with Gasteiger partial charge in [-0.2, -0.15) is 0 Å². The maximum Gasteiger partial charge on any atom is 0.234 e. The van der Waals surface area contributed by atoms with Crippen LogP contribution in [0.25, 0.3) is 0 Å². The Morgan fingerprint density at radius 1 is 1.59 bits per heavy atom. The smallest absolute Gasteiger partial charge is 0.234 e. The summed E-state index contributed by atoms with van der Waals surface area (Å²) in [4.78, 5) is 13.7. The van der Waals surface area contributed by atoms with E-state index in [1.807, 2.05) is 31.7 Å². The van der Waals surface area contributed by atoms with Crippen molar-refractivity contribution < 1.29 is 13.7 Å². The lowest BCUT2D eigenvalue weighted by Gasteiger charge is -2.23. The van der Waals surface area contributed by atoms with Crippen LogP contribution in [0, 0.1) is 6.92 Å². The van der Waals surface area contributed by atoms with Gasteiger partial charge in [-0.1, -0.05) is 19.0 Å². The molecule has 2 rings (SSSR count). The highest BCUT2D eigenvalue weighted by Gasteiger charge is 2.32. The molecule has 0 saturated carbocycles. The molecule has 2 atom stereocenters. The second-order valence-electron chi connectivity index (χ2n) is 6.19. The molecule has 0 spiro atoms. The number of aryl methyl sites for hydroxylation is 1. The normalized spacial score (nSPS) is 22.4. The van der Waals surface area contributed by atoms with Crippen molar-refractivity contribution in [3.05, 3.63) is 17.5 Å². The lowest BCUT2D eigenvalue weighted by Crippen LogP contribution is -2.43. The van der Waals surface area contributed by atoms with Gasteiger partial charge in [0.25, 0.3) is 0 Å². The van der Waals surface area contributed by atoms with Crippen LogP contribution in [-0.4, -0.2) is 53.9 Å². The highest BCUT2D eigenvalue weighted by molar-refractivity contribution is 5.78. The van der Waals surface area contributed by atoms with Crippen LogP contribution in [0.5, 0.6) is 0 Å². The molecule has 1 saturated heterocycles. The Kier molecular flexibility index (Phi) is 5.90. The predicted octanol–water partition coefficient (Wildman–Crippen LogP) is 1.01. The van der Waals surface area contributed by atoms with Gasteiger partial charge in [0.2, 0.25) is 5.91 Å². The van der Waals surface area contributed by atoms with E-state index >= 15 is 0 Å². The average Bonchev–Trinajstić information content (AvgIpc) is 3.00. The maximum atomic E-state index is 13.7. The Labute approximate surface area is 130 Å². The van der Waals surface area contributed by atoms with E-state index in [0.717, 1.165) is 11.5 Å². The summed E-state index contributed by atoms with van der Waals surface area (Å²) in [7, 11) is 0. The number of nitrogens with one attached hydrogen (secondary N) is 2. The number of aromatic nitrogens is 1. The molecule has 0 bridgehead atoms. The van der Waals surface area contributed by atoms with E-state index in [0.29, 0.717) is 26.1 Å². The number of likely N-dealkylation sites (tertiary alicyclic amines) is 1. The van der Waals surface area contributed by atoms with Gasteiger partial charge in [-0.25, -0.2) is 4.39 Å². The number of nitrogens with zero attached hydrogens (tertiary/aromatic N) is 2. The third-order valence-electron chi connectivity index (χ3n) is 3.72. The van der Waals surface area contributed by atoms with Gasteiger partial charge in [0.15, 0.2) is 5.76 Å². The molecule has 7 heteroatoms. The molecule has 1 amide bonds. The molecule has 22 heavy (non-hydrogen) atoms. The van der Waals surface area contributed by atoms with E-state index in [2.05, 4.69) is 15.8 Å². The first-order valence-electron chi connectivity index (χ1n) is 7.74. The highest BCUT2D eigenvalue weighted by atomic mass is 19.1. The number of hydrogen-bond donors (Lipinski definition) is 2. The number of alkyl halides is 1. The first kappa shape index (κ1) is 16.9. The van der Waals surface area contributed by atoms with Crippen LogP contribution in [-0.2, 0) is 11.3 Å². The van der Waals surface area contributed by atoms with E-state index in [1.54, 1.807) is 0 Å². The van der Waals surface area contributed by atoms with Gasteiger partial charge in [-0.05, 0) is 13.3 Å². The Bertz CT molecular complexity index is 492. The number of carbonyl (C=O) groups excluding carboxylic acids is 1. The highest BCUT2D eigenvalue weighted by Crippen LogP contribution is 2.22. The standard InChI is InChI=1S/C15H25FN4O2/c1-10(2)17-7-15(21)18-6-13-5-12(16)8-20(13)9-14-4-11(3)19-22-14/h4,10,12-13,17H,5-9H2,1-3H3,(H,18,21)/t12-,13-/m0/s1. The fraction of sp³-hybridized carbons (Fsp3) is 0.733. The van der Waals surface area contributed by atoms with Crippen molar-refractivity contribution in [3.8, 4) is 0 Å². The van der Waals surface area contributed by atoms with Crippen molar-refractivity contribution in [3.63, 3.8) is 0 Å². The fourth-order valence-corrected chi connectivity index (χ4v) is 2.61. The molecule has 1 fully saturated rings. The summed E-state index contributed by atoms with van der Waals surface area (Å²) in [6, 6.07) is 2.11. The van der Waals surface area contributed by atoms with Crippen LogP contribution in [0.3, 0.4) is 0 Å². The molecular formula is C15H25FN4O2. The fourth-order valence-electron chi connectivity index (χ4n) is 2.61. The van der Waals surface area contributed by atoms with Gasteiger partial charge in [-0.15, -0.1) is 0 Å². The minimum Gasteiger partial charge on any atom is -0.360 e. The zero-order valence-corrected chi connectivity index (χ0v) is 13.4. The second kappa shape index (κ2) is 7.69. The molecule has 2 N–H and O–H groups in total.